The zero-order valence-corrected chi connectivity index (χ0v) is 16.4. The molecule has 2 aromatic carbocycles. The van der Waals surface area contributed by atoms with E-state index in [1.807, 2.05) is 17.0 Å². The van der Waals surface area contributed by atoms with Crippen LogP contribution < -0.4 is 4.90 Å². The quantitative estimate of drug-likeness (QED) is 0.754. The highest BCUT2D eigenvalue weighted by molar-refractivity contribution is 7.88. The summed E-state index contributed by atoms with van der Waals surface area (Å²) in [5, 5.41) is 8.89. The minimum absolute atomic E-state index is 0.119. The number of hydrogen-bond donors (Lipinski definition) is 0. The van der Waals surface area contributed by atoms with E-state index in [2.05, 4.69) is 6.07 Å². The number of anilines is 1. The maximum absolute atomic E-state index is 12.9. The third-order valence-corrected chi connectivity index (χ3v) is 6.66. The lowest BCUT2D eigenvalue weighted by atomic mass is 10.1. The van der Waals surface area contributed by atoms with Crippen molar-refractivity contribution in [3.05, 3.63) is 65.2 Å². The van der Waals surface area contributed by atoms with Gasteiger partial charge in [0, 0.05) is 31.9 Å². The molecule has 0 saturated carbocycles. The molecule has 1 heterocycles. The third-order valence-electron chi connectivity index (χ3n) is 4.81. The summed E-state index contributed by atoms with van der Waals surface area (Å²) < 4.78 is 65.5. The lowest BCUT2D eigenvalue weighted by Crippen LogP contribution is -2.36. The van der Waals surface area contributed by atoms with E-state index in [1.165, 1.54) is 16.4 Å². The predicted molar refractivity (Wildman–Crippen MR) is 104 cm³/mol. The molecule has 3 rings (SSSR count). The summed E-state index contributed by atoms with van der Waals surface area (Å²) >= 11 is 0. The van der Waals surface area contributed by atoms with Crippen LogP contribution in [-0.2, 0) is 22.0 Å². The fourth-order valence-electron chi connectivity index (χ4n) is 3.32. The van der Waals surface area contributed by atoms with Gasteiger partial charge in [0.1, 0.15) is 0 Å². The van der Waals surface area contributed by atoms with E-state index in [4.69, 9.17) is 5.26 Å². The lowest BCUT2D eigenvalue weighted by molar-refractivity contribution is -0.137. The van der Waals surface area contributed by atoms with E-state index in [0.717, 1.165) is 17.8 Å². The molecule has 0 radical (unpaired) electrons. The van der Waals surface area contributed by atoms with E-state index >= 15 is 0 Å². The van der Waals surface area contributed by atoms with E-state index in [-0.39, 0.29) is 12.1 Å². The van der Waals surface area contributed by atoms with Gasteiger partial charge in [0.15, 0.2) is 0 Å². The fourth-order valence-corrected chi connectivity index (χ4v) is 4.87. The first-order valence-corrected chi connectivity index (χ1v) is 10.7. The Morgan fingerprint density at radius 3 is 2.38 bits per heavy atom. The van der Waals surface area contributed by atoms with Gasteiger partial charge in [-0.15, -0.1) is 0 Å². The Balaban J connectivity index is 1.69. The van der Waals surface area contributed by atoms with Gasteiger partial charge in [-0.05, 0) is 42.3 Å². The van der Waals surface area contributed by atoms with Gasteiger partial charge in [-0.1, -0.05) is 18.2 Å². The Morgan fingerprint density at radius 1 is 1.00 bits per heavy atom. The van der Waals surface area contributed by atoms with Gasteiger partial charge < -0.3 is 4.90 Å². The summed E-state index contributed by atoms with van der Waals surface area (Å²) in [6.07, 6.45) is -3.91. The summed E-state index contributed by atoms with van der Waals surface area (Å²) in [6, 6.07) is 13.6. The molecule has 5 nitrogen and oxygen atoms in total. The Kier molecular flexibility index (Phi) is 6.15. The maximum Gasteiger partial charge on any atom is 0.416 e. The van der Waals surface area contributed by atoms with Crippen LogP contribution in [0.1, 0.15) is 23.1 Å². The zero-order chi connectivity index (χ0) is 21.1. The van der Waals surface area contributed by atoms with Crippen LogP contribution in [0, 0.1) is 11.3 Å². The highest BCUT2D eigenvalue weighted by Crippen LogP contribution is 2.30. The van der Waals surface area contributed by atoms with E-state index in [1.54, 1.807) is 12.1 Å². The van der Waals surface area contributed by atoms with Crippen LogP contribution in [0.25, 0.3) is 0 Å². The molecule has 0 aromatic heterocycles. The van der Waals surface area contributed by atoms with Crippen molar-refractivity contribution in [3.63, 3.8) is 0 Å². The third kappa shape index (κ3) is 5.28. The van der Waals surface area contributed by atoms with Crippen molar-refractivity contribution < 1.29 is 21.6 Å². The number of hydrogen-bond acceptors (Lipinski definition) is 4. The van der Waals surface area contributed by atoms with Gasteiger partial charge in [-0.2, -0.15) is 22.7 Å². The summed E-state index contributed by atoms with van der Waals surface area (Å²) in [6.45, 7) is 1.69. The molecule has 0 bridgehead atoms. The largest absolute Gasteiger partial charge is 0.416 e. The van der Waals surface area contributed by atoms with Crippen LogP contribution in [0.15, 0.2) is 48.5 Å². The summed E-state index contributed by atoms with van der Waals surface area (Å²) in [5.74, 6) is -0.464. The van der Waals surface area contributed by atoms with Gasteiger partial charge in [0.25, 0.3) is 0 Å². The number of alkyl halides is 3. The van der Waals surface area contributed by atoms with Gasteiger partial charge in [0.05, 0.1) is 22.9 Å². The predicted octanol–water partition coefficient (Wildman–Crippen LogP) is 3.62. The van der Waals surface area contributed by atoms with Crippen LogP contribution in [0.3, 0.4) is 0 Å². The van der Waals surface area contributed by atoms with E-state index in [0.29, 0.717) is 31.6 Å². The minimum atomic E-state index is -4.51. The lowest BCUT2D eigenvalue weighted by Gasteiger charge is -2.23. The number of rotatable bonds is 4. The average molecular weight is 423 g/mol. The summed E-state index contributed by atoms with van der Waals surface area (Å²) in [5.41, 5.74) is 0.719. The topological polar surface area (TPSA) is 64.4 Å². The van der Waals surface area contributed by atoms with Crippen molar-refractivity contribution in [3.8, 4) is 6.07 Å². The first kappa shape index (κ1) is 21.1. The number of nitriles is 1. The Morgan fingerprint density at radius 2 is 1.72 bits per heavy atom. The second-order valence-corrected chi connectivity index (χ2v) is 8.82. The fraction of sp³-hybridized carbons (Fsp3) is 0.350. The van der Waals surface area contributed by atoms with E-state index in [9.17, 15) is 21.6 Å². The molecule has 154 valence electrons. The Labute approximate surface area is 168 Å². The number of sulfonamides is 1. The molecule has 9 heteroatoms. The smallest absolute Gasteiger partial charge is 0.370 e. The van der Waals surface area contributed by atoms with Crippen LogP contribution >= 0.6 is 0 Å². The zero-order valence-electron chi connectivity index (χ0n) is 15.6. The molecule has 2 aromatic rings. The van der Waals surface area contributed by atoms with Gasteiger partial charge in [-0.25, -0.2) is 8.42 Å². The molecular weight excluding hydrogens is 403 g/mol. The molecule has 1 fully saturated rings. The molecule has 1 aliphatic heterocycles. The van der Waals surface area contributed by atoms with Crippen LogP contribution in [0.5, 0.6) is 0 Å². The molecule has 0 aliphatic carbocycles. The van der Waals surface area contributed by atoms with Crippen LogP contribution in [-0.4, -0.2) is 38.9 Å². The van der Waals surface area contributed by atoms with Crippen molar-refractivity contribution in [1.82, 2.24) is 4.31 Å². The highest BCUT2D eigenvalue weighted by atomic mass is 32.2. The van der Waals surface area contributed by atoms with Gasteiger partial charge in [0.2, 0.25) is 10.0 Å². The van der Waals surface area contributed by atoms with Crippen molar-refractivity contribution in [2.45, 2.75) is 18.3 Å². The van der Waals surface area contributed by atoms with Crippen LogP contribution in [0.4, 0.5) is 18.9 Å². The van der Waals surface area contributed by atoms with Gasteiger partial charge >= 0.3 is 6.18 Å². The Bertz CT molecular complexity index is 999. The number of nitrogens with zero attached hydrogens (tertiary/aromatic N) is 3. The first-order valence-electron chi connectivity index (χ1n) is 9.08. The molecule has 29 heavy (non-hydrogen) atoms. The molecule has 1 saturated heterocycles. The first-order chi connectivity index (χ1) is 13.7. The standard InChI is InChI=1S/C20H20F3N3O2S/c21-20(22,23)18-4-1-3-17(13-18)15-29(27,28)26-10-2-9-25(11-12-26)19-7-5-16(14-24)6-8-19/h1,3-8,13H,2,9-12,15H2. The summed E-state index contributed by atoms with van der Waals surface area (Å²) in [4.78, 5) is 2.04. The highest BCUT2D eigenvalue weighted by Gasteiger charge is 2.31. The number of benzene rings is 2. The summed E-state index contributed by atoms with van der Waals surface area (Å²) in [7, 11) is -3.74. The number of halogens is 3. The monoisotopic (exact) mass is 423 g/mol. The van der Waals surface area contributed by atoms with Crippen molar-refractivity contribution in [2.75, 3.05) is 31.1 Å². The Hall–Kier alpha value is -2.57. The van der Waals surface area contributed by atoms with Crippen molar-refractivity contribution >= 4 is 15.7 Å². The normalized spacial score (nSPS) is 16.3. The average Bonchev–Trinajstić information content (AvgIpc) is 2.94. The minimum Gasteiger partial charge on any atom is -0.370 e. The molecule has 0 atom stereocenters. The van der Waals surface area contributed by atoms with Gasteiger partial charge in [-0.3, -0.25) is 0 Å². The second-order valence-electron chi connectivity index (χ2n) is 6.85. The molecule has 0 spiro atoms. The molecule has 0 N–H and O–H groups in total. The van der Waals surface area contributed by atoms with Crippen molar-refractivity contribution in [2.24, 2.45) is 0 Å². The molecule has 0 amide bonds. The van der Waals surface area contributed by atoms with Crippen LogP contribution in [0.2, 0.25) is 0 Å². The molecule has 1 aliphatic rings. The molecule has 0 unspecified atom stereocenters. The SMILES string of the molecule is N#Cc1ccc(N2CCCN(S(=O)(=O)Cc3cccc(C(F)(F)F)c3)CC2)cc1. The maximum atomic E-state index is 12.9. The van der Waals surface area contributed by atoms with E-state index < -0.39 is 27.5 Å². The molecular formula is C20H20F3N3O2S. The van der Waals surface area contributed by atoms with Crippen molar-refractivity contribution in [1.29, 1.82) is 5.26 Å². The second kappa shape index (κ2) is 8.43.